The highest BCUT2D eigenvalue weighted by atomic mass is 32.2. The number of aromatic nitrogens is 3. The van der Waals surface area contributed by atoms with Crippen LogP contribution in [0.5, 0.6) is 0 Å². The summed E-state index contributed by atoms with van der Waals surface area (Å²) in [5, 5.41) is 4.68. The van der Waals surface area contributed by atoms with Crippen LogP contribution in [-0.4, -0.2) is 36.0 Å². The molecule has 1 fully saturated rings. The number of sulfone groups is 1. The summed E-state index contributed by atoms with van der Waals surface area (Å²) in [5.74, 6) is 1.43. The molecule has 0 saturated carbocycles. The Morgan fingerprint density at radius 1 is 1.08 bits per heavy atom. The van der Waals surface area contributed by atoms with E-state index in [1.54, 1.807) is 28.9 Å². The molecule has 1 aliphatic heterocycles. The van der Waals surface area contributed by atoms with Gasteiger partial charge in [-0.25, -0.2) is 23.5 Å². The van der Waals surface area contributed by atoms with Crippen LogP contribution in [0.25, 0.3) is 17.1 Å². The Bertz CT molecular complexity index is 1010. The van der Waals surface area contributed by atoms with Gasteiger partial charge in [-0.05, 0) is 30.7 Å². The lowest BCUT2D eigenvalue weighted by Gasteiger charge is -2.11. The molecule has 2 heterocycles. The predicted octanol–water partition coefficient (Wildman–Crippen LogP) is 1.88. The standard InChI is InChI=1S/C18H19N5O2S/c1-26(24,25)15-9-7-14(8-10-15)23-18(16-11-12-19-21-16)20-17(22-23)13-5-3-2-4-6-13/h2-10,16,19,21H,11-12H2,1H3. The predicted molar refractivity (Wildman–Crippen MR) is 98.4 cm³/mol. The van der Waals surface area contributed by atoms with Crippen molar-refractivity contribution >= 4 is 9.84 Å². The molecule has 0 aliphatic carbocycles. The van der Waals surface area contributed by atoms with Crippen molar-refractivity contribution in [1.29, 1.82) is 0 Å². The number of hydrogen-bond acceptors (Lipinski definition) is 6. The average Bonchev–Trinajstić information content (AvgIpc) is 3.31. The van der Waals surface area contributed by atoms with Gasteiger partial charge in [-0.15, -0.1) is 5.10 Å². The van der Waals surface area contributed by atoms with Gasteiger partial charge in [0.05, 0.1) is 16.6 Å². The van der Waals surface area contributed by atoms with Crippen LogP contribution >= 0.6 is 0 Å². The quantitative estimate of drug-likeness (QED) is 0.730. The van der Waals surface area contributed by atoms with Crippen molar-refractivity contribution in [1.82, 2.24) is 25.6 Å². The van der Waals surface area contributed by atoms with Gasteiger partial charge in [-0.1, -0.05) is 30.3 Å². The van der Waals surface area contributed by atoms with Crippen molar-refractivity contribution in [3.05, 3.63) is 60.4 Å². The van der Waals surface area contributed by atoms with E-state index < -0.39 is 9.84 Å². The highest BCUT2D eigenvalue weighted by molar-refractivity contribution is 7.90. The normalized spacial score (nSPS) is 17.5. The van der Waals surface area contributed by atoms with E-state index in [1.807, 2.05) is 30.3 Å². The SMILES string of the molecule is CS(=O)(=O)c1ccc(-n2nc(-c3ccccc3)nc2C2CCNN2)cc1. The lowest BCUT2D eigenvalue weighted by molar-refractivity contribution is 0.540. The molecule has 2 N–H and O–H groups in total. The largest absolute Gasteiger partial charge is 0.257 e. The van der Waals surface area contributed by atoms with Crippen molar-refractivity contribution in [3.63, 3.8) is 0 Å². The summed E-state index contributed by atoms with van der Waals surface area (Å²) in [6.07, 6.45) is 2.10. The third-order valence-corrected chi connectivity index (χ3v) is 5.45. The lowest BCUT2D eigenvalue weighted by Crippen LogP contribution is -2.26. The maximum Gasteiger partial charge on any atom is 0.181 e. The second kappa shape index (κ2) is 6.64. The first-order valence-corrected chi connectivity index (χ1v) is 10.2. The van der Waals surface area contributed by atoms with E-state index in [9.17, 15) is 8.42 Å². The smallest absolute Gasteiger partial charge is 0.181 e. The molecule has 7 nitrogen and oxygen atoms in total. The number of nitrogens with zero attached hydrogens (tertiary/aromatic N) is 3. The monoisotopic (exact) mass is 369 g/mol. The first kappa shape index (κ1) is 16.9. The van der Waals surface area contributed by atoms with Crippen LogP contribution in [0.1, 0.15) is 18.3 Å². The molecule has 8 heteroatoms. The summed E-state index contributed by atoms with van der Waals surface area (Å²) < 4.78 is 25.2. The molecule has 4 rings (SSSR count). The molecule has 1 atom stereocenters. The molecule has 1 aromatic heterocycles. The van der Waals surface area contributed by atoms with Crippen LogP contribution in [0.15, 0.2) is 59.5 Å². The molecule has 0 bridgehead atoms. The third kappa shape index (κ3) is 3.26. The second-order valence-electron chi connectivity index (χ2n) is 6.25. The van der Waals surface area contributed by atoms with Crippen molar-refractivity contribution in [2.45, 2.75) is 17.4 Å². The Hall–Kier alpha value is -2.55. The van der Waals surface area contributed by atoms with E-state index in [1.165, 1.54) is 6.26 Å². The van der Waals surface area contributed by atoms with Crippen molar-refractivity contribution in [2.24, 2.45) is 0 Å². The van der Waals surface area contributed by atoms with Crippen molar-refractivity contribution in [2.75, 3.05) is 12.8 Å². The summed E-state index contributed by atoms with van der Waals surface area (Å²) in [5.41, 5.74) is 8.04. The van der Waals surface area contributed by atoms with Crippen LogP contribution in [-0.2, 0) is 9.84 Å². The van der Waals surface area contributed by atoms with E-state index in [2.05, 4.69) is 16.0 Å². The molecular weight excluding hydrogens is 350 g/mol. The molecule has 3 aromatic rings. The third-order valence-electron chi connectivity index (χ3n) is 4.32. The highest BCUT2D eigenvalue weighted by Gasteiger charge is 2.24. The van der Waals surface area contributed by atoms with Crippen LogP contribution in [0.4, 0.5) is 0 Å². The molecule has 0 spiro atoms. The summed E-state index contributed by atoms with van der Waals surface area (Å²) in [6, 6.07) is 16.5. The zero-order valence-electron chi connectivity index (χ0n) is 14.3. The number of benzene rings is 2. The highest BCUT2D eigenvalue weighted by Crippen LogP contribution is 2.25. The van der Waals surface area contributed by atoms with E-state index >= 15 is 0 Å². The van der Waals surface area contributed by atoms with Gasteiger partial charge in [0.2, 0.25) is 0 Å². The van der Waals surface area contributed by atoms with Gasteiger partial charge in [-0.3, -0.25) is 5.43 Å². The first-order chi connectivity index (χ1) is 12.5. The average molecular weight is 369 g/mol. The molecule has 1 saturated heterocycles. The molecule has 26 heavy (non-hydrogen) atoms. The minimum Gasteiger partial charge on any atom is -0.257 e. The Labute approximate surface area is 152 Å². The van der Waals surface area contributed by atoms with Crippen molar-refractivity contribution < 1.29 is 8.42 Å². The molecule has 0 amide bonds. The Morgan fingerprint density at radius 3 is 2.42 bits per heavy atom. The minimum absolute atomic E-state index is 0.0366. The van der Waals surface area contributed by atoms with E-state index in [0.29, 0.717) is 5.82 Å². The van der Waals surface area contributed by atoms with Crippen LogP contribution in [0.2, 0.25) is 0 Å². The van der Waals surface area contributed by atoms with Crippen LogP contribution in [0, 0.1) is 0 Å². The van der Waals surface area contributed by atoms with Crippen LogP contribution < -0.4 is 10.9 Å². The van der Waals surface area contributed by atoms with E-state index in [-0.39, 0.29) is 10.9 Å². The molecule has 2 aromatic carbocycles. The van der Waals surface area contributed by atoms with Gasteiger partial charge in [0.1, 0.15) is 0 Å². The fourth-order valence-corrected chi connectivity index (χ4v) is 3.59. The summed E-state index contributed by atoms with van der Waals surface area (Å²) in [7, 11) is -3.23. The van der Waals surface area contributed by atoms with E-state index in [4.69, 9.17) is 4.98 Å². The fraction of sp³-hybridized carbons (Fsp3) is 0.222. The second-order valence-corrected chi connectivity index (χ2v) is 8.27. The lowest BCUT2D eigenvalue weighted by atomic mass is 10.2. The van der Waals surface area contributed by atoms with Crippen LogP contribution in [0.3, 0.4) is 0 Å². The maximum absolute atomic E-state index is 11.7. The molecule has 1 unspecified atom stereocenters. The number of hydrazine groups is 1. The van der Waals surface area contributed by atoms with Gasteiger partial charge in [0.15, 0.2) is 21.5 Å². The molecular formula is C18H19N5O2S. The topological polar surface area (TPSA) is 88.9 Å². The molecule has 1 aliphatic rings. The molecule has 0 radical (unpaired) electrons. The Balaban J connectivity index is 1.80. The first-order valence-electron chi connectivity index (χ1n) is 8.33. The van der Waals surface area contributed by atoms with E-state index in [0.717, 1.165) is 30.0 Å². The summed E-state index contributed by atoms with van der Waals surface area (Å²) in [6.45, 7) is 0.852. The van der Waals surface area contributed by atoms with Gasteiger partial charge < -0.3 is 0 Å². The Kier molecular flexibility index (Phi) is 4.31. The zero-order chi connectivity index (χ0) is 18.1. The fourth-order valence-electron chi connectivity index (χ4n) is 2.96. The number of nitrogens with one attached hydrogen (secondary N) is 2. The maximum atomic E-state index is 11.7. The zero-order valence-corrected chi connectivity index (χ0v) is 15.1. The van der Waals surface area contributed by atoms with Gasteiger partial charge in [0, 0.05) is 18.4 Å². The molecule has 134 valence electrons. The summed E-state index contributed by atoms with van der Waals surface area (Å²) >= 11 is 0. The summed E-state index contributed by atoms with van der Waals surface area (Å²) in [4.78, 5) is 5.03. The number of rotatable bonds is 4. The number of hydrogen-bond donors (Lipinski definition) is 2. The van der Waals surface area contributed by atoms with Crippen molar-refractivity contribution in [3.8, 4) is 17.1 Å². The Morgan fingerprint density at radius 2 is 1.81 bits per heavy atom. The van der Waals surface area contributed by atoms with Gasteiger partial charge in [0.25, 0.3) is 0 Å². The minimum atomic E-state index is -3.23. The van der Waals surface area contributed by atoms with Gasteiger partial charge >= 0.3 is 0 Å². The van der Waals surface area contributed by atoms with Gasteiger partial charge in [-0.2, -0.15) is 0 Å².